The van der Waals surface area contributed by atoms with Crippen LogP contribution in [0.5, 0.6) is 5.75 Å². The molecule has 1 saturated heterocycles. The Labute approximate surface area is 106 Å². The van der Waals surface area contributed by atoms with Gasteiger partial charge in [-0.05, 0) is 32.4 Å². The first-order chi connectivity index (χ1) is 8.68. The van der Waals surface area contributed by atoms with Crippen LogP contribution in [0.1, 0.15) is 24.8 Å². The van der Waals surface area contributed by atoms with Crippen molar-refractivity contribution in [1.29, 1.82) is 0 Å². The highest BCUT2D eigenvalue weighted by molar-refractivity contribution is 5.48. The van der Waals surface area contributed by atoms with E-state index in [1.165, 1.54) is 18.9 Å². The van der Waals surface area contributed by atoms with Crippen LogP contribution >= 0.6 is 0 Å². The molecule has 18 heavy (non-hydrogen) atoms. The Morgan fingerprint density at radius 3 is 3.00 bits per heavy atom. The van der Waals surface area contributed by atoms with E-state index in [1.807, 2.05) is 0 Å². The number of nitrogens with one attached hydrogen (secondary N) is 1. The molecule has 5 heteroatoms. The smallest absolute Gasteiger partial charge is 0.276 e. The summed E-state index contributed by atoms with van der Waals surface area (Å²) in [6.45, 7) is 3.33. The number of piperidine rings is 1. The maximum atomic E-state index is 10.8. The molecular formula is C13H18N2O3. The van der Waals surface area contributed by atoms with Crippen LogP contribution in [0.3, 0.4) is 0 Å². The number of hydrogen-bond donors (Lipinski definition) is 1. The van der Waals surface area contributed by atoms with Crippen LogP contribution < -0.4 is 10.1 Å². The maximum Gasteiger partial charge on any atom is 0.276 e. The van der Waals surface area contributed by atoms with Gasteiger partial charge in [0.05, 0.1) is 10.5 Å². The quantitative estimate of drug-likeness (QED) is 0.658. The van der Waals surface area contributed by atoms with Crippen LogP contribution in [-0.4, -0.2) is 24.1 Å². The monoisotopic (exact) mass is 250 g/mol. The third-order valence-electron chi connectivity index (χ3n) is 3.30. The Hall–Kier alpha value is -1.62. The van der Waals surface area contributed by atoms with Gasteiger partial charge in [-0.3, -0.25) is 10.1 Å². The van der Waals surface area contributed by atoms with Gasteiger partial charge in [0.15, 0.2) is 0 Å². The molecule has 1 aliphatic rings. The maximum absolute atomic E-state index is 10.8. The summed E-state index contributed by atoms with van der Waals surface area (Å²) in [6.07, 6.45) is 3.54. The average Bonchev–Trinajstić information content (AvgIpc) is 2.38. The van der Waals surface area contributed by atoms with Gasteiger partial charge in [-0.15, -0.1) is 0 Å². The summed E-state index contributed by atoms with van der Waals surface area (Å²) < 4.78 is 5.70. The van der Waals surface area contributed by atoms with Gasteiger partial charge in [-0.25, -0.2) is 0 Å². The molecule has 1 aromatic carbocycles. The Morgan fingerprint density at radius 2 is 2.33 bits per heavy atom. The van der Waals surface area contributed by atoms with Crippen molar-refractivity contribution >= 4 is 5.69 Å². The third-order valence-corrected chi connectivity index (χ3v) is 3.30. The zero-order valence-electron chi connectivity index (χ0n) is 10.5. The molecule has 1 atom stereocenters. The highest BCUT2D eigenvalue weighted by Crippen LogP contribution is 2.27. The molecule has 1 fully saturated rings. The van der Waals surface area contributed by atoms with Crippen LogP contribution in [0.15, 0.2) is 18.2 Å². The molecule has 0 bridgehead atoms. The first-order valence-corrected chi connectivity index (χ1v) is 6.28. The highest BCUT2D eigenvalue weighted by atomic mass is 16.6. The van der Waals surface area contributed by atoms with Gasteiger partial charge >= 0.3 is 0 Å². The molecule has 1 aliphatic heterocycles. The largest absolute Gasteiger partial charge is 0.491 e. The van der Waals surface area contributed by atoms with Crippen molar-refractivity contribution in [3.63, 3.8) is 0 Å². The lowest BCUT2D eigenvalue weighted by molar-refractivity contribution is -0.385. The second-order valence-corrected chi connectivity index (χ2v) is 4.62. The molecule has 0 saturated carbocycles. The van der Waals surface area contributed by atoms with E-state index < -0.39 is 0 Å². The van der Waals surface area contributed by atoms with Crippen LogP contribution in [0, 0.1) is 17.0 Å². The van der Waals surface area contributed by atoms with E-state index in [1.54, 1.807) is 19.1 Å². The summed E-state index contributed by atoms with van der Waals surface area (Å²) in [5.41, 5.74) is 0.711. The molecule has 2 rings (SSSR count). The zero-order chi connectivity index (χ0) is 13.0. The summed E-state index contributed by atoms with van der Waals surface area (Å²) in [5, 5.41) is 14.2. The minimum atomic E-state index is -0.374. The van der Waals surface area contributed by atoms with Crippen molar-refractivity contribution in [2.24, 2.45) is 0 Å². The van der Waals surface area contributed by atoms with Gasteiger partial charge in [0.2, 0.25) is 0 Å². The summed E-state index contributed by atoms with van der Waals surface area (Å²) in [4.78, 5) is 10.4. The van der Waals surface area contributed by atoms with E-state index in [9.17, 15) is 10.1 Å². The molecule has 0 spiro atoms. The second kappa shape index (κ2) is 5.82. The number of ether oxygens (including phenoxy) is 1. The molecule has 0 radical (unpaired) electrons. The zero-order valence-corrected chi connectivity index (χ0v) is 10.5. The van der Waals surface area contributed by atoms with Crippen molar-refractivity contribution < 1.29 is 9.66 Å². The molecule has 1 unspecified atom stereocenters. The van der Waals surface area contributed by atoms with E-state index in [0.717, 1.165) is 13.0 Å². The standard InChI is InChI=1S/C13H18N2O3/c1-10-12(15(16)17)6-4-7-13(10)18-9-11-5-2-3-8-14-11/h4,6-7,11,14H,2-3,5,8-9H2,1H3. The first-order valence-electron chi connectivity index (χ1n) is 6.28. The summed E-state index contributed by atoms with van der Waals surface area (Å²) in [7, 11) is 0. The lowest BCUT2D eigenvalue weighted by Crippen LogP contribution is -2.38. The normalized spacial score (nSPS) is 19.5. The van der Waals surface area contributed by atoms with Gasteiger partial charge in [-0.2, -0.15) is 0 Å². The lowest BCUT2D eigenvalue weighted by atomic mass is 10.1. The van der Waals surface area contributed by atoms with Crippen LogP contribution in [-0.2, 0) is 0 Å². The summed E-state index contributed by atoms with van der Waals surface area (Å²) >= 11 is 0. The van der Waals surface area contributed by atoms with Crippen molar-refractivity contribution in [3.05, 3.63) is 33.9 Å². The van der Waals surface area contributed by atoms with Gasteiger partial charge < -0.3 is 10.1 Å². The SMILES string of the molecule is Cc1c(OCC2CCCCN2)cccc1[N+](=O)[O-]. The van der Waals surface area contributed by atoms with Crippen LogP contribution in [0.25, 0.3) is 0 Å². The van der Waals surface area contributed by atoms with Gasteiger partial charge in [-0.1, -0.05) is 12.5 Å². The van der Waals surface area contributed by atoms with Crippen molar-refractivity contribution in [3.8, 4) is 5.75 Å². The molecule has 5 nitrogen and oxygen atoms in total. The molecule has 98 valence electrons. The Bertz CT molecular complexity index is 428. The Balaban J connectivity index is 2.00. The van der Waals surface area contributed by atoms with E-state index in [2.05, 4.69) is 5.32 Å². The summed E-state index contributed by atoms with van der Waals surface area (Å²) in [6, 6.07) is 5.30. The van der Waals surface area contributed by atoms with E-state index in [-0.39, 0.29) is 10.6 Å². The number of hydrogen-bond acceptors (Lipinski definition) is 4. The Morgan fingerprint density at radius 1 is 1.50 bits per heavy atom. The Kier molecular flexibility index (Phi) is 4.15. The number of nitro benzene ring substituents is 1. The van der Waals surface area contributed by atoms with Crippen molar-refractivity contribution in [1.82, 2.24) is 5.32 Å². The average molecular weight is 250 g/mol. The summed E-state index contributed by atoms with van der Waals surface area (Å²) in [5.74, 6) is 0.608. The van der Waals surface area contributed by atoms with Crippen molar-refractivity contribution in [2.45, 2.75) is 32.2 Å². The molecule has 1 heterocycles. The van der Waals surface area contributed by atoms with Crippen LogP contribution in [0.4, 0.5) is 5.69 Å². The predicted octanol–water partition coefficient (Wildman–Crippen LogP) is 2.42. The molecular weight excluding hydrogens is 232 g/mol. The molecule has 0 aliphatic carbocycles. The fourth-order valence-corrected chi connectivity index (χ4v) is 2.21. The fourth-order valence-electron chi connectivity index (χ4n) is 2.21. The number of nitro groups is 1. The third kappa shape index (κ3) is 2.98. The topological polar surface area (TPSA) is 64.4 Å². The predicted molar refractivity (Wildman–Crippen MR) is 69.0 cm³/mol. The van der Waals surface area contributed by atoms with Gasteiger partial charge in [0.1, 0.15) is 12.4 Å². The van der Waals surface area contributed by atoms with E-state index in [0.29, 0.717) is 24.0 Å². The van der Waals surface area contributed by atoms with E-state index in [4.69, 9.17) is 4.74 Å². The van der Waals surface area contributed by atoms with Crippen molar-refractivity contribution in [2.75, 3.05) is 13.2 Å². The molecule has 0 aromatic heterocycles. The minimum Gasteiger partial charge on any atom is -0.491 e. The van der Waals surface area contributed by atoms with E-state index >= 15 is 0 Å². The number of benzene rings is 1. The highest BCUT2D eigenvalue weighted by Gasteiger charge is 2.17. The first kappa shape index (κ1) is 12.8. The molecule has 0 amide bonds. The fraction of sp³-hybridized carbons (Fsp3) is 0.538. The number of nitrogens with zero attached hydrogens (tertiary/aromatic N) is 1. The van der Waals surface area contributed by atoms with Gasteiger partial charge in [0, 0.05) is 12.1 Å². The number of rotatable bonds is 4. The minimum absolute atomic E-state index is 0.115. The van der Waals surface area contributed by atoms with Crippen LogP contribution in [0.2, 0.25) is 0 Å². The lowest BCUT2D eigenvalue weighted by Gasteiger charge is -2.23. The molecule has 1 aromatic rings. The van der Waals surface area contributed by atoms with Gasteiger partial charge in [0.25, 0.3) is 5.69 Å². The molecule has 1 N–H and O–H groups in total. The second-order valence-electron chi connectivity index (χ2n) is 4.62.